The van der Waals surface area contributed by atoms with Crippen molar-refractivity contribution in [1.29, 1.82) is 0 Å². The van der Waals surface area contributed by atoms with Crippen molar-refractivity contribution in [2.45, 2.75) is 38.5 Å². The molecule has 0 N–H and O–H groups in total. The standard InChI is InChI=1S/C26H31NO4Si/c1-18(2)27-17-21(19-13-9-7-10-14-19)24(32(5,6)20-15-11-8-12-16-20)22(25(28)30-3)23(27)26(29)31-4/h7-18,24H,1-6H3. The molecule has 0 saturated carbocycles. The third kappa shape index (κ3) is 4.28. The Morgan fingerprint density at radius 1 is 0.875 bits per heavy atom. The molecule has 0 aliphatic carbocycles. The van der Waals surface area contributed by atoms with Crippen molar-refractivity contribution in [3.63, 3.8) is 0 Å². The normalized spacial score (nSPS) is 16.7. The smallest absolute Gasteiger partial charge is 0.355 e. The van der Waals surface area contributed by atoms with Crippen molar-refractivity contribution in [2.24, 2.45) is 0 Å². The van der Waals surface area contributed by atoms with E-state index in [0.29, 0.717) is 5.57 Å². The molecule has 168 valence electrons. The van der Waals surface area contributed by atoms with Crippen LogP contribution in [0.15, 0.2) is 78.1 Å². The van der Waals surface area contributed by atoms with Crippen molar-refractivity contribution >= 4 is 30.8 Å². The van der Waals surface area contributed by atoms with Crippen molar-refractivity contribution in [1.82, 2.24) is 4.90 Å². The average Bonchev–Trinajstić information content (AvgIpc) is 2.82. The van der Waals surface area contributed by atoms with Gasteiger partial charge in [0.15, 0.2) is 0 Å². The van der Waals surface area contributed by atoms with Gasteiger partial charge in [-0.15, -0.1) is 0 Å². The number of esters is 2. The Balaban J connectivity index is 2.39. The Morgan fingerprint density at radius 3 is 1.91 bits per heavy atom. The van der Waals surface area contributed by atoms with Gasteiger partial charge in [-0.25, -0.2) is 9.59 Å². The molecule has 2 aromatic rings. The lowest BCUT2D eigenvalue weighted by Gasteiger charge is -2.42. The largest absolute Gasteiger partial charge is 0.466 e. The van der Waals surface area contributed by atoms with E-state index >= 15 is 0 Å². The Labute approximate surface area is 191 Å². The first-order chi connectivity index (χ1) is 15.2. The Kier molecular flexibility index (Phi) is 7.04. The topological polar surface area (TPSA) is 55.8 Å². The van der Waals surface area contributed by atoms with Crippen LogP contribution in [-0.4, -0.2) is 45.2 Å². The molecule has 0 radical (unpaired) electrons. The van der Waals surface area contributed by atoms with Gasteiger partial charge in [-0.1, -0.05) is 78.9 Å². The van der Waals surface area contributed by atoms with Gasteiger partial charge in [0, 0.05) is 17.8 Å². The molecule has 3 rings (SSSR count). The number of rotatable bonds is 6. The number of hydrogen-bond donors (Lipinski definition) is 0. The van der Waals surface area contributed by atoms with Gasteiger partial charge in [-0.05, 0) is 25.0 Å². The minimum Gasteiger partial charge on any atom is -0.466 e. The summed E-state index contributed by atoms with van der Waals surface area (Å²) in [5.74, 6) is -1.04. The number of nitrogens with zero attached hydrogens (tertiary/aromatic N) is 1. The maximum absolute atomic E-state index is 13.3. The van der Waals surface area contributed by atoms with Gasteiger partial charge in [0.2, 0.25) is 0 Å². The van der Waals surface area contributed by atoms with E-state index in [4.69, 9.17) is 9.47 Å². The third-order valence-corrected chi connectivity index (χ3v) is 9.94. The summed E-state index contributed by atoms with van der Waals surface area (Å²) in [5, 5.41) is 1.19. The van der Waals surface area contributed by atoms with Crippen LogP contribution in [0.4, 0.5) is 0 Å². The van der Waals surface area contributed by atoms with Crippen molar-refractivity contribution < 1.29 is 19.1 Å². The van der Waals surface area contributed by atoms with E-state index in [9.17, 15) is 9.59 Å². The third-order valence-electron chi connectivity index (χ3n) is 6.08. The van der Waals surface area contributed by atoms with E-state index in [0.717, 1.165) is 11.1 Å². The molecule has 0 spiro atoms. The highest BCUT2D eigenvalue weighted by atomic mass is 28.3. The van der Waals surface area contributed by atoms with Crippen molar-refractivity contribution in [2.75, 3.05) is 14.2 Å². The molecule has 5 nitrogen and oxygen atoms in total. The average molecular weight is 450 g/mol. The monoisotopic (exact) mass is 449 g/mol. The number of ether oxygens (including phenoxy) is 2. The molecule has 1 aliphatic heterocycles. The Hall–Kier alpha value is -3.12. The van der Waals surface area contributed by atoms with E-state index < -0.39 is 20.0 Å². The Morgan fingerprint density at radius 2 is 1.41 bits per heavy atom. The first-order valence-corrected chi connectivity index (χ1v) is 13.8. The molecule has 0 saturated heterocycles. The van der Waals surface area contributed by atoms with Crippen LogP contribution in [0.1, 0.15) is 19.4 Å². The molecule has 0 bridgehead atoms. The molecular weight excluding hydrogens is 418 g/mol. The fourth-order valence-electron chi connectivity index (χ4n) is 4.42. The molecule has 32 heavy (non-hydrogen) atoms. The highest BCUT2D eigenvalue weighted by Gasteiger charge is 2.47. The molecule has 0 amide bonds. The van der Waals surface area contributed by atoms with Crippen LogP contribution < -0.4 is 5.19 Å². The highest BCUT2D eigenvalue weighted by Crippen LogP contribution is 2.47. The summed E-state index contributed by atoms with van der Waals surface area (Å²) in [6.45, 7) is 8.42. The first-order valence-electron chi connectivity index (χ1n) is 10.8. The van der Waals surface area contributed by atoms with E-state index in [1.807, 2.05) is 73.5 Å². The molecule has 1 atom stereocenters. The zero-order valence-corrected chi connectivity index (χ0v) is 20.6. The second kappa shape index (κ2) is 9.57. The zero-order valence-electron chi connectivity index (χ0n) is 19.6. The number of hydrogen-bond acceptors (Lipinski definition) is 5. The summed E-state index contributed by atoms with van der Waals surface area (Å²) in [4.78, 5) is 28.2. The van der Waals surface area contributed by atoms with Gasteiger partial charge in [-0.3, -0.25) is 0 Å². The fraction of sp³-hybridized carbons (Fsp3) is 0.308. The molecule has 2 aromatic carbocycles. The predicted octanol–water partition coefficient (Wildman–Crippen LogP) is 4.34. The fourth-order valence-corrected chi connectivity index (χ4v) is 7.80. The van der Waals surface area contributed by atoms with E-state index in [1.54, 1.807) is 0 Å². The summed E-state index contributed by atoms with van der Waals surface area (Å²) in [7, 11) is 0.308. The van der Waals surface area contributed by atoms with Gasteiger partial charge in [0.05, 0.1) is 27.9 Å². The lowest BCUT2D eigenvalue weighted by atomic mass is 9.92. The van der Waals surface area contributed by atoms with Crippen LogP contribution in [0.25, 0.3) is 5.57 Å². The summed E-state index contributed by atoms with van der Waals surface area (Å²) >= 11 is 0. The van der Waals surface area contributed by atoms with Crippen LogP contribution in [0.2, 0.25) is 18.6 Å². The van der Waals surface area contributed by atoms with Crippen LogP contribution >= 0.6 is 0 Å². The number of allylic oxidation sites excluding steroid dienone is 1. The second-order valence-electron chi connectivity index (χ2n) is 8.72. The minimum absolute atomic E-state index is 0.0649. The molecule has 0 fully saturated rings. The minimum atomic E-state index is -2.39. The molecule has 1 aliphatic rings. The quantitative estimate of drug-likeness (QED) is 0.485. The van der Waals surface area contributed by atoms with Gasteiger partial charge in [-0.2, -0.15) is 0 Å². The van der Waals surface area contributed by atoms with Crippen LogP contribution in [0, 0.1) is 0 Å². The van der Waals surface area contributed by atoms with Crippen LogP contribution in [-0.2, 0) is 19.1 Å². The maximum Gasteiger partial charge on any atom is 0.355 e. The lowest BCUT2D eigenvalue weighted by Crippen LogP contribution is -2.50. The van der Waals surface area contributed by atoms with Gasteiger partial charge >= 0.3 is 11.9 Å². The molecule has 1 heterocycles. The van der Waals surface area contributed by atoms with Gasteiger partial charge in [0.25, 0.3) is 0 Å². The Bertz CT molecular complexity index is 1040. The molecule has 0 aromatic heterocycles. The molecule has 6 heteroatoms. The van der Waals surface area contributed by atoms with Crippen LogP contribution in [0.5, 0.6) is 0 Å². The zero-order chi connectivity index (χ0) is 23.5. The van der Waals surface area contributed by atoms with Crippen molar-refractivity contribution in [3.8, 4) is 0 Å². The summed E-state index contributed by atoms with van der Waals surface area (Å²) in [6, 6.07) is 20.2. The van der Waals surface area contributed by atoms with E-state index in [-0.39, 0.29) is 17.3 Å². The maximum atomic E-state index is 13.3. The highest BCUT2D eigenvalue weighted by molar-refractivity contribution is 6.93. The van der Waals surface area contributed by atoms with E-state index in [1.165, 1.54) is 19.4 Å². The summed E-state index contributed by atoms with van der Waals surface area (Å²) in [5.41, 5.74) is 2.35. The second-order valence-corrected chi connectivity index (χ2v) is 13.3. The van der Waals surface area contributed by atoms with Gasteiger partial charge < -0.3 is 14.4 Å². The first kappa shape index (κ1) is 23.5. The van der Waals surface area contributed by atoms with E-state index in [2.05, 4.69) is 25.2 Å². The SMILES string of the molecule is COC(=O)C1=C(C(=O)OC)N(C(C)C)C=C(c2ccccc2)C1[Si](C)(C)c1ccccc1. The number of benzene rings is 2. The van der Waals surface area contributed by atoms with Crippen molar-refractivity contribution in [3.05, 3.63) is 83.7 Å². The number of carbonyl (C=O) groups excluding carboxylic acids is 2. The predicted molar refractivity (Wildman–Crippen MR) is 130 cm³/mol. The number of methoxy groups -OCH3 is 2. The lowest BCUT2D eigenvalue weighted by molar-refractivity contribution is -0.140. The number of carbonyl (C=O) groups is 2. The van der Waals surface area contributed by atoms with Crippen LogP contribution in [0.3, 0.4) is 0 Å². The van der Waals surface area contributed by atoms with Gasteiger partial charge in [0.1, 0.15) is 5.70 Å². The molecule has 1 unspecified atom stereocenters. The summed E-state index contributed by atoms with van der Waals surface area (Å²) in [6.07, 6.45) is 2.01. The summed E-state index contributed by atoms with van der Waals surface area (Å²) < 4.78 is 10.4. The molecular formula is C26H31NO4Si.